The number of nitrogens with zero attached hydrogens (tertiary/aromatic N) is 2. The maximum Gasteiger partial charge on any atom is 0.239 e. The van der Waals surface area contributed by atoms with E-state index in [9.17, 15) is 4.79 Å². The minimum Gasteiger partial charge on any atom is -0.378 e. The first-order valence-corrected chi connectivity index (χ1v) is 8.42. The van der Waals surface area contributed by atoms with Crippen LogP contribution in [-0.2, 0) is 9.53 Å². The highest BCUT2D eigenvalue weighted by Gasteiger charge is 2.30. The van der Waals surface area contributed by atoms with Crippen LogP contribution in [0.1, 0.15) is 33.6 Å². The molecule has 0 aromatic carbocycles. The standard InChI is InChI=1S/C16H31N3O2/c1-13(2)19(12-15-5-4-6-17-11-15)14(3)16(20)18-7-9-21-10-8-18/h13-15,17H,4-12H2,1-3H3. The maximum absolute atomic E-state index is 12.7. The van der Waals surface area contributed by atoms with Gasteiger partial charge in [-0.3, -0.25) is 9.69 Å². The zero-order valence-electron chi connectivity index (χ0n) is 13.8. The van der Waals surface area contributed by atoms with Crippen molar-refractivity contribution in [3.05, 3.63) is 0 Å². The zero-order valence-corrected chi connectivity index (χ0v) is 13.8. The second kappa shape index (κ2) is 8.11. The Morgan fingerprint density at radius 2 is 2.05 bits per heavy atom. The number of rotatable bonds is 5. The van der Waals surface area contributed by atoms with Gasteiger partial charge in [0.25, 0.3) is 0 Å². The van der Waals surface area contributed by atoms with Crippen molar-refractivity contribution in [2.45, 2.75) is 45.7 Å². The van der Waals surface area contributed by atoms with Crippen molar-refractivity contribution in [2.75, 3.05) is 45.9 Å². The Labute approximate surface area is 129 Å². The summed E-state index contributed by atoms with van der Waals surface area (Å²) in [6.07, 6.45) is 2.52. The van der Waals surface area contributed by atoms with Gasteiger partial charge in [0.2, 0.25) is 5.91 Å². The van der Waals surface area contributed by atoms with Crippen LogP contribution in [0.5, 0.6) is 0 Å². The normalized spacial score (nSPS) is 25.4. The molecule has 1 amide bonds. The third-order valence-electron chi connectivity index (χ3n) is 4.71. The predicted octanol–water partition coefficient (Wildman–Crippen LogP) is 0.944. The van der Waals surface area contributed by atoms with Gasteiger partial charge >= 0.3 is 0 Å². The van der Waals surface area contributed by atoms with Gasteiger partial charge in [-0.1, -0.05) is 0 Å². The van der Waals surface area contributed by atoms with E-state index >= 15 is 0 Å². The first-order chi connectivity index (χ1) is 10.1. The molecule has 0 aliphatic carbocycles. The Morgan fingerprint density at radius 1 is 1.33 bits per heavy atom. The summed E-state index contributed by atoms with van der Waals surface area (Å²) >= 11 is 0. The minimum atomic E-state index is -0.0370. The molecular weight excluding hydrogens is 266 g/mol. The van der Waals surface area contributed by atoms with Gasteiger partial charge in [-0.2, -0.15) is 0 Å². The molecule has 0 spiro atoms. The van der Waals surface area contributed by atoms with E-state index in [1.165, 1.54) is 12.8 Å². The van der Waals surface area contributed by atoms with E-state index in [1.807, 2.05) is 4.90 Å². The Morgan fingerprint density at radius 3 is 2.62 bits per heavy atom. The quantitative estimate of drug-likeness (QED) is 0.820. The lowest BCUT2D eigenvalue weighted by Gasteiger charge is -2.39. The summed E-state index contributed by atoms with van der Waals surface area (Å²) in [7, 11) is 0. The molecule has 2 fully saturated rings. The molecule has 0 radical (unpaired) electrons. The third kappa shape index (κ3) is 4.66. The zero-order chi connectivity index (χ0) is 15.2. The second-order valence-electron chi connectivity index (χ2n) is 6.62. The van der Waals surface area contributed by atoms with Crippen molar-refractivity contribution in [3.8, 4) is 0 Å². The monoisotopic (exact) mass is 297 g/mol. The van der Waals surface area contributed by atoms with Crippen LogP contribution in [-0.4, -0.2) is 73.7 Å². The molecule has 2 rings (SSSR count). The highest BCUT2D eigenvalue weighted by atomic mass is 16.5. The summed E-state index contributed by atoms with van der Waals surface area (Å²) in [5.74, 6) is 0.928. The van der Waals surface area contributed by atoms with Gasteiger partial charge in [-0.15, -0.1) is 0 Å². The molecule has 2 saturated heterocycles. The van der Waals surface area contributed by atoms with Crippen LogP contribution in [0.3, 0.4) is 0 Å². The van der Waals surface area contributed by atoms with Gasteiger partial charge in [0.1, 0.15) is 0 Å². The fourth-order valence-electron chi connectivity index (χ4n) is 3.38. The lowest BCUT2D eigenvalue weighted by Crippen LogP contribution is -2.54. The van der Waals surface area contributed by atoms with Crippen LogP contribution in [0, 0.1) is 5.92 Å². The lowest BCUT2D eigenvalue weighted by atomic mass is 9.97. The fraction of sp³-hybridized carbons (Fsp3) is 0.938. The third-order valence-corrected chi connectivity index (χ3v) is 4.71. The smallest absolute Gasteiger partial charge is 0.239 e. The molecule has 1 N–H and O–H groups in total. The highest BCUT2D eigenvalue weighted by molar-refractivity contribution is 5.81. The maximum atomic E-state index is 12.7. The van der Waals surface area contributed by atoms with E-state index in [0.29, 0.717) is 25.2 Å². The summed E-state index contributed by atoms with van der Waals surface area (Å²) in [4.78, 5) is 17.0. The number of piperidine rings is 1. The van der Waals surface area contributed by atoms with Crippen LogP contribution in [0.25, 0.3) is 0 Å². The van der Waals surface area contributed by atoms with Crippen molar-refractivity contribution in [3.63, 3.8) is 0 Å². The first kappa shape index (κ1) is 16.7. The second-order valence-corrected chi connectivity index (χ2v) is 6.62. The van der Waals surface area contributed by atoms with Crippen LogP contribution in [0.2, 0.25) is 0 Å². The Hall–Kier alpha value is -0.650. The van der Waals surface area contributed by atoms with Crippen molar-refractivity contribution >= 4 is 5.91 Å². The molecule has 122 valence electrons. The summed E-state index contributed by atoms with van der Waals surface area (Å²) in [6, 6.07) is 0.358. The molecule has 0 bridgehead atoms. The van der Waals surface area contributed by atoms with Crippen molar-refractivity contribution in [1.82, 2.24) is 15.1 Å². The molecule has 2 unspecified atom stereocenters. The number of ether oxygens (including phenoxy) is 1. The van der Waals surface area contributed by atoms with Gasteiger partial charge in [-0.05, 0) is 52.6 Å². The van der Waals surface area contributed by atoms with E-state index in [-0.39, 0.29) is 11.9 Å². The average Bonchev–Trinajstić information content (AvgIpc) is 2.53. The molecule has 21 heavy (non-hydrogen) atoms. The van der Waals surface area contributed by atoms with E-state index < -0.39 is 0 Å². The number of morpholine rings is 1. The van der Waals surface area contributed by atoms with Crippen molar-refractivity contribution < 1.29 is 9.53 Å². The molecule has 2 aliphatic heterocycles. The summed E-state index contributed by atoms with van der Waals surface area (Å²) in [6.45, 7) is 12.5. The largest absolute Gasteiger partial charge is 0.378 e. The fourth-order valence-corrected chi connectivity index (χ4v) is 3.38. The number of amides is 1. The minimum absolute atomic E-state index is 0.0370. The summed E-state index contributed by atoms with van der Waals surface area (Å²) < 4.78 is 5.34. The molecule has 2 aliphatic rings. The number of hydrogen-bond donors (Lipinski definition) is 1. The molecule has 2 atom stereocenters. The Kier molecular flexibility index (Phi) is 6.45. The molecule has 0 saturated carbocycles. The highest BCUT2D eigenvalue weighted by Crippen LogP contribution is 2.17. The van der Waals surface area contributed by atoms with Gasteiger partial charge in [0.15, 0.2) is 0 Å². The molecule has 2 heterocycles. The van der Waals surface area contributed by atoms with Gasteiger partial charge in [0.05, 0.1) is 19.3 Å². The van der Waals surface area contributed by atoms with E-state index in [1.54, 1.807) is 0 Å². The Balaban J connectivity index is 1.93. The van der Waals surface area contributed by atoms with E-state index in [4.69, 9.17) is 4.74 Å². The van der Waals surface area contributed by atoms with Crippen LogP contribution in [0.4, 0.5) is 0 Å². The van der Waals surface area contributed by atoms with Gasteiger partial charge in [0, 0.05) is 25.7 Å². The van der Waals surface area contributed by atoms with Gasteiger partial charge in [-0.25, -0.2) is 0 Å². The van der Waals surface area contributed by atoms with Gasteiger partial charge < -0.3 is 15.0 Å². The predicted molar refractivity (Wildman–Crippen MR) is 84.3 cm³/mol. The molecule has 5 heteroatoms. The molecule has 0 aromatic rings. The summed E-state index contributed by atoms with van der Waals surface area (Å²) in [5, 5.41) is 3.47. The number of nitrogens with one attached hydrogen (secondary N) is 1. The van der Waals surface area contributed by atoms with Crippen LogP contribution in [0.15, 0.2) is 0 Å². The first-order valence-electron chi connectivity index (χ1n) is 8.42. The number of carbonyl (C=O) groups is 1. The number of hydrogen-bond acceptors (Lipinski definition) is 4. The summed E-state index contributed by atoms with van der Waals surface area (Å²) in [5.41, 5.74) is 0. The van der Waals surface area contributed by atoms with Crippen molar-refractivity contribution in [1.29, 1.82) is 0 Å². The topological polar surface area (TPSA) is 44.8 Å². The Bertz CT molecular complexity index is 323. The van der Waals surface area contributed by atoms with E-state index in [0.717, 1.165) is 32.7 Å². The van der Waals surface area contributed by atoms with Crippen LogP contribution >= 0.6 is 0 Å². The SMILES string of the molecule is CC(C)N(CC1CCCNC1)C(C)C(=O)N1CCOCC1. The molecular formula is C16H31N3O2. The van der Waals surface area contributed by atoms with Crippen LogP contribution < -0.4 is 5.32 Å². The van der Waals surface area contributed by atoms with E-state index in [2.05, 4.69) is 31.0 Å². The van der Waals surface area contributed by atoms with Crippen molar-refractivity contribution in [2.24, 2.45) is 5.92 Å². The average molecular weight is 297 g/mol. The lowest BCUT2D eigenvalue weighted by molar-refractivity contribution is -0.141. The number of carbonyl (C=O) groups excluding carboxylic acids is 1. The molecule has 5 nitrogen and oxygen atoms in total. The molecule has 0 aromatic heterocycles.